The Hall–Kier alpha value is -2.95. The number of carbonyl (C=O) groups is 2. The van der Waals surface area contributed by atoms with Gasteiger partial charge >= 0.3 is 5.97 Å². The Morgan fingerprint density at radius 2 is 2.18 bits per heavy atom. The maximum absolute atomic E-state index is 11.8. The van der Waals surface area contributed by atoms with Crippen LogP contribution < -0.4 is 5.32 Å². The summed E-state index contributed by atoms with van der Waals surface area (Å²) in [7, 11) is 0. The molecule has 0 saturated carbocycles. The number of hydrogen-bond acceptors (Lipinski definition) is 5. The molecule has 0 aliphatic heterocycles. The zero-order valence-corrected chi connectivity index (χ0v) is 11.7. The predicted molar refractivity (Wildman–Crippen MR) is 75.8 cm³/mol. The summed E-state index contributed by atoms with van der Waals surface area (Å²) in [4.78, 5) is 33.0. The van der Waals surface area contributed by atoms with E-state index in [2.05, 4.69) is 5.32 Å². The molecule has 0 aliphatic carbocycles. The van der Waals surface area contributed by atoms with Gasteiger partial charge in [0, 0.05) is 18.6 Å². The van der Waals surface area contributed by atoms with Crippen molar-refractivity contribution in [2.24, 2.45) is 0 Å². The number of non-ortho nitro benzene ring substituents is 1. The number of carbonyl (C=O) groups excluding carboxylic acids is 1. The summed E-state index contributed by atoms with van der Waals surface area (Å²) in [6.07, 6.45) is 0.586. The van der Waals surface area contributed by atoms with E-state index in [4.69, 9.17) is 10.4 Å². The number of nitrogens with zero attached hydrogens (tertiary/aromatic N) is 2. The molecule has 0 aromatic heterocycles. The largest absolute Gasteiger partial charge is 0.480 e. The van der Waals surface area contributed by atoms with Gasteiger partial charge in [-0.1, -0.05) is 12.1 Å². The summed E-state index contributed by atoms with van der Waals surface area (Å²) in [6.45, 7) is 0. The van der Waals surface area contributed by atoms with Gasteiger partial charge in [-0.25, -0.2) is 4.79 Å². The average molecular weight is 305 g/mol. The molecule has 8 nitrogen and oxygen atoms in total. The molecule has 1 aromatic rings. The van der Waals surface area contributed by atoms with E-state index < -0.39 is 22.8 Å². The molecule has 116 valence electrons. The minimum atomic E-state index is -1.18. The predicted octanol–water partition coefficient (Wildman–Crippen LogP) is 1.40. The van der Waals surface area contributed by atoms with Crippen LogP contribution in [0.4, 0.5) is 5.69 Å². The molecule has 0 spiro atoms. The molecule has 0 radical (unpaired) electrons. The normalized spacial score (nSPS) is 11.2. The van der Waals surface area contributed by atoms with Gasteiger partial charge in [0.2, 0.25) is 5.91 Å². The minimum Gasteiger partial charge on any atom is -0.480 e. The fraction of sp³-hybridized carbons (Fsp3) is 0.357. The molecule has 0 fully saturated rings. The number of nitrogens with one attached hydrogen (secondary N) is 1. The topological polar surface area (TPSA) is 133 Å². The van der Waals surface area contributed by atoms with Gasteiger partial charge in [0.05, 0.1) is 17.4 Å². The van der Waals surface area contributed by atoms with Gasteiger partial charge in [0.1, 0.15) is 6.04 Å². The molecule has 1 atom stereocenters. The molecule has 0 bridgehead atoms. The van der Waals surface area contributed by atoms with E-state index in [0.29, 0.717) is 12.0 Å². The van der Waals surface area contributed by atoms with E-state index in [-0.39, 0.29) is 24.9 Å². The smallest absolute Gasteiger partial charge is 0.326 e. The molecule has 1 aromatic carbocycles. The maximum atomic E-state index is 11.8. The zero-order valence-electron chi connectivity index (χ0n) is 11.7. The standard InChI is InChI=1S/C14H15N3O5/c15-7-2-1-6-12(14(19)20)16-13(18)9-10-4-3-5-11(8-10)17(21)22/h3-5,8,12H,1-2,6,9H2,(H,16,18)(H,19,20)/t12-/m0/s1. The Kier molecular flexibility index (Phi) is 6.50. The Balaban J connectivity index is 2.63. The first-order valence-electron chi connectivity index (χ1n) is 6.56. The summed E-state index contributed by atoms with van der Waals surface area (Å²) in [5.74, 6) is -1.71. The van der Waals surface area contributed by atoms with Crippen LogP contribution in [0.5, 0.6) is 0 Å². The number of nitriles is 1. The number of carboxylic acid groups (broad SMARTS) is 1. The second kappa shape index (κ2) is 8.36. The SMILES string of the molecule is N#CCCC[C@H](NC(=O)Cc1cccc([N+](=O)[O-])c1)C(=O)O. The molecule has 1 amide bonds. The monoisotopic (exact) mass is 305 g/mol. The number of rotatable bonds is 8. The molecular weight excluding hydrogens is 290 g/mol. The lowest BCUT2D eigenvalue weighted by atomic mass is 10.1. The van der Waals surface area contributed by atoms with Gasteiger partial charge < -0.3 is 10.4 Å². The number of benzene rings is 1. The van der Waals surface area contributed by atoms with E-state index in [1.165, 1.54) is 18.2 Å². The number of hydrogen-bond donors (Lipinski definition) is 2. The summed E-state index contributed by atoms with van der Waals surface area (Å²) < 4.78 is 0. The lowest BCUT2D eigenvalue weighted by Crippen LogP contribution is -2.41. The van der Waals surface area contributed by atoms with Crippen molar-refractivity contribution in [2.75, 3.05) is 0 Å². The van der Waals surface area contributed by atoms with Gasteiger partial charge in [0.25, 0.3) is 5.69 Å². The number of carboxylic acids is 1. The molecular formula is C14H15N3O5. The van der Waals surface area contributed by atoms with Crippen LogP contribution in [-0.4, -0.2) is 27.9 Å². The first-order chi connectivity index (χ1) is 10.4. The Morgan fingerprint density at radius 3 is 2.77 bits per heavy atom. The van der Waals surface area contributed by atoms with Crippen molar-refractivity contribution in [1.29, 1.82) is 5.26 Å². The van der Waals surface area contributed by atoms with E-state index >= 15 is 0 Å². The fourth-order valence-electron chi connectivity index (χ4n) is 1.85. The molecule has 8 heteroatoms. The van der Waals surface area contributed by atoms with E-state index in [1.54, 1.807) is 6.07 Å². The number of aliphatic carboxylic acids is 1. The van der Waals surface area contributed by atoms with Crippen molar-refractivity contribution in [2.45, 2.75) is 31.7 Å². The lowest BCUT2D eigenvalue weighted by molar-refractivity contribution is -0.384. The molecule has 1 rings (SSSR count). The Bertz CT molecular complexity index is 609. The summed E-state index contributed by atoms with van der Waals surface area (Å²) in [6, 6.07) is 6.42. The fourth-order valence-corrected chi connectivity index (χ4v) is 1.85. The summed E-state index contributed by atoms with van der Waals surface area (Å²) in [5.41, 5.74) is 0.293. The average Bonchev–Trinajstić information content (AvgIpc) is 2.46. The summed E-state index contributed by atoms with van der Waals surface area (Å²) >= 11 is 0. The van der Waals surface area contributed by atoms with Crippen molar-refractivity contribution >= 4 is 17.6 Å². The highest BCUT2D eigenvalue weighted by molar-refractivity contribution is 5.84. The third-order valence-electron chi connectivity index (χ3n) is 2.90. The van der Waals surface area contributed by atoms with Crippen molar-refractivity contribution in [1.82, 2.24) is 5.32 Å². The minimum absolute atomic E-state index is 0.130. The van der Waals surface area contributed by atoms with E-state index in [0.717, 1.165) is 0 Å². The second-order valence-corrected chi connectivity index (χ2v) is 4.61. The summed E-state index contributed by atoms with van der Waals surface area (Å²) in [5, 5.41) is 30.5. The third-order valence-corrected chi connectivity index (χ3v) is 2.90. The first-order valence-corrected chi connectivity index (χ1v) is 6.56. The van der Waals surface area contributed by atoms with E-state index in [9.17, 15) is 19.7 Å². The van der Waals surface area contributed by atoms with Crippen LogP contribution in [0.1, 0.15) is 24.8 Å². The lowest BCUT2D eigenvalue weighted by Gasteiger charge is -2.13. The van der Waals surface area contributed by atoms with Crippen LogP contribution in [0.3, 0.4) is 0 Å². The first kappa shape index (κ1) is 17.1. The molecule has 0 aliphatic rings. The van der Waals surface area contributed by atoms with Crippen LogP contribution in [0.15, 0.2) is 24.3 Å². The molecule has 2 N–H and O–H groups in total. The number of amides is 1. The van der Waals surface area contributed by atoms with Gasteiger partial charge in [-0.3, -0.25) is 14.9 Å². The molecule has 0 saturated heterocycles. The highest BCUT2D eigenvalue weighted by Crippen LogP contribution is 2.13. The Morgan fingerprint density at radius 1 is 1.45 bits per heavy atom. The number of nitro groups is 1. The quantitative estimate of drug-likeness (QED) is 0.423. The molecule has 0 unspecified atom stereocenters. The highest BCUT2D eigenvalue weighted by Gasteiger charge is 2.19. The van der Waals surface area contributed by atoms with Crippen molar-refractivity contribution in [3.05, 3.63) is 39.9 Å². The van der Waals surface area contributed by atoms with Crippen LogP contribution in [0.25, 0.3) is 0 Å². The second-order valence-electron chi connectivity index (χ2n) is 4.61. The third kappa shape index (κ3) is 5.58. The highest BCUT2D eigenvalue weighted by atomic mass is 16.6. The van der Waals surface area contributed by atoms with Gasteiger partial charge in [-0.05, 0) is 18.4 Å². The number of nitro benzene ring substituents is 1. The maximum Gasteiger partial charge on any atom is 0.326 e. The van der Waals surface area contributed by atoms with Gasteiger partial charge in [0.15, 0.2) is 0 Å². The van der Waals surface area contributed by atoms with Crippen LogP contribution in [0.2, 0.25) is 0 Å². The van der Waals surface area contributed by atoms with Crippen molar-refractivity contribution in [3.8, 4) is 6.07 Å². The van der Waals surface area contributed by atoms with Crippen molar-refractivity contribution < 1.29 is 19.6 Å². The van der Waals surface area contributed by atoms with Gasteiger partial charge in [-0.15, -0.1) is 0 Å². The van der Waals surface area contributed by atoms with Crippen LogP contribution in [-0.2, 0) is 16.0 Å². The zero-order chi connectivity index (χ0) is 16.5. The van der Waals surface area contributed by atoms with Crippen LogP contribution >= 0.6 is 0 Å². The van der Waals surface area contributed by atoms with E-state index in [1.807, 2.05) is 6.07 Å². The molecule has 22 heavy (non-hydrogen) atoms. The molecule has 0 heterocycles. The Labute approximate surface area is 126 Å². The van der Waals surface area contributed by atoms with Crippen molar-refractivity contribution in [3.63, 3.8) is 0 Å². The van der Waals surface area contributed by atoms with Crippen LogP contribution in [0, 0.1) is 21.4 Å². The number of unbranched alkanes of at least 4 members (excludes halogenated alkanes) is 1. The van der Waals surface area contributed by atoms with Gasteiger partial charge in [-0.2, -0.15) is 5.26 Å².